The van der Waals surface area contributed by atoms with Gasteiger partial charge in [-0.3, -0.25) is 4.98 Å². The standard InChI is InChI=1S/C8H22N2O3Si/c1-4-5-8-13-14(11-2,12-3)10-7-6-9/h10H,4-9H2,1-3H3. The Morgan fingerprint density at radius 2 is 1.93 bits per heavy atom. The molecule has 0 spiro atoms. The van der Waals surface area contributed by atoms with Crippen LogP contribution in [-0.4, -0.2) is 42.9 Å². The summed E-state index contributed by atoms with van der Waals surface area (Å²) < 4.78 is 16.1. The maximum atomic E-state index is 5.60. The van der Waals surface area contributed by atoms with E-state index in [1.165, 1.54) is 0 Å². The molecule has 0 radical (unpaired) electrons. The first kappa shape index (κ1) is 14.0. The molecule has 0 amide bonds. The van der Waals surface area contributed by atoms with Gasteiger partial charge in [0.15, 0.2) is 0 Å². The van der Waals surface area contributed by atoms with Crippen molar-refractivity contribution in [3.05, 3.63) is 0 Å². The number of nitrogens with two attached hydrogens (primary N) is 1. The predicted octanol–water partition coefficient (Wildman–Crippen LogP) is 0.0798. The fraction of sp³-hybridized carbons (Fsp3) is 1.00. The van der Waals surface area contributed by atoms with Crippen molar-refractivity contribution in [2.75, 3.05) is 33.9 Å². The van der Waals surface area contributed by atoms with Crippen LogP contribution in [0.2, 0.25) is 0 Å². The topological polar surface area (TPSA) is 65.7 Å². The molecule has 0 fully saturated rings. The summed E-state index contributed by atoms with van der Waals surface area (Å²) in [5.41, 5.74) is 5.39. The first-order valence-corrected chi connectivity index (χ1v) is 6.66. The van der Waals surface area contributed by atoms with Gasteiger partial charge >= 0.3 is 8.97 Å². The molecule has 86 valence electrons. The SMILES string of the molecule is CCCCO[Si](NCCN)(OC)OC. The van der Waals surface area contributed by atoms with Crippen LogP contribution in [0, 0.1) is 0 Å². The molecule has 0 aliphatic carbocycles. The summed E-state index contributed by atoms with van der Waals surface area (Å²) in [6.07, 6.45) is 2.10. The number of rotatable bonds is 9. The molecule has 0 aliphatic rings. The Kier molecular flexibility index (Phi) is 8.35. The second-order valence-electron chi connectivity index (χ2n) is 2.88. The summed E-state index contributed by atoms with van der Waals surface area (Å²) >= 11 is 0. The molecule has 0 unspecified atom stereocenters. The largest absolute Gasteiger partial charge is 0.596 e. The highest BCUT2D eigenvalue weighted by Crippen LogP contribution is 2.04. The van der Waals surface area contributed by atoms with Gasteiger partial charge in [-0.15, -0.1) is 0 Å². The molecule has 0 atom stereocenters. The van der Waals surface area contributed by atoms with Crippen LogP contribution < -0.4 is 10.7 Å². The highest BCUT2D eigenvalue weighted by Gasteiger charge is 2.39. The van der Waals surface area contributed by atoms with E-state index in [2.05, 4.69) is 11.9 Å². The zero-order chi connectivity index (χ0) is 10.9. The average molecular weight is 222 g/mol. The minimum absolute atomic E-state index is 0.540. The molecule has 0 saturated heterocycles. The van der Waals surface area contributed by atoms with E-state index in [0.717, 1.165) is 12.8 Å². The monoisotopic (exact) mass is 222 g/mol. The molecule has 0 bridgehead atoms. The third-order valence-corrected chi connectivity index (χ3v) is 4.16. The minimum atomic E-state index is -2.63. The summed E-state index contributed by atoms with van der Waals surface area (Å²) in [5.74, 6) is 0. The van der Waals surface area contributed by atoms with Gasteiger partial charge in [0.05, 0.1) is 0 Å². The van der Waals surface area contributed by atoms with Gasteiger partial charge in [0, 0.05) is 33.9 Å². The summed E-state index contributed by atoms with van der Waals surface area (Å²) in [6.45, 7) is 3.94. The second-order valence-corrected chi connectivity index (χ2v) is 5.45. The molecule has 3 N–H and O–H groups in total. The van der Waals surface area contributed by atoms with Gasteiger partial charge < -0.3 is 19.0 Å². The highest BCUT2D eigenvalue weighted by molar-refractivity contribution is 6.57. The van der Waals surface area contributed by atoms with Gasteiger partial charge in [0.25, 0.3) is 0 Å². The van der Waals surface area contributed by atoms with Crippen LogP contribution in [-0.2, 0) is 13.3 Å². The van der Waals surface area contributed by atoms with Crippen molar-refractivity contribution in [1.82, 2.24) is 4.98 Å². The van der Waals surface area contributed by atoms with Crippen LogP contribution in [0.15, 0.2) is 0 Å². The van der Waals surface area contributed by atoms with E-state index in [0.29, 0.717) is 19.7 Å². The lowest BCUT2D eigenvalue weighted by Gasteiger charge is -2.26. The third-order valence-electron chi connectivity index (χ3n) is 1.81. The van der Waals surface area contributed by atoms with Crippen molar-refractivity contribution in [3.63, 3.8) is 0 Å². The summed E-state index contributed by atoms with van der Waals surface area (Å²) in [7, 11) is 0.545. The zero-order valence-corrected chi connectivity index (χ0v) is 10.3. The summed E-state index contributed by atoms with van der Waals surface area (Å²) in [6, 6.07) is 0. The van der Waals surface area contributed by atoms with E-state index in [4.69, 9.17) is 19.0 Å². The third kappa shape index (κ3) is 5.04. The van der Waals surface area contributed by atoms with Crippen LogP contribution in [0.25, 0.3) is 0 Å². The van der Waals surface area contributed by atoms with E-state index >= 15 is 0 Å². The van der Waals surface area contributed by atoms with Gasteiger partial charge in [0.1, 0.15) is 0 Å². The molecule has 0 aromatic heterocycles. The van der Waals surface area contributed by atoms with Gasteiger partial charge in [-0.2, -0.15) is 0 Å². The quantitative estimate of drug-likeness (QED) is 0.427. The van der Waals surface area contributed by atoms with Gasteiger partial charge in [-0.1, -0.05) is 13.3 Å². The second kappa shape index (κ2) is 8.34. The number of unbranched alkanes of at least 4 members (excludes halogenated alkanes) is 1. The lowest BCUT2D eigenvalue weighted by molar-refractivity contribution is 0.0852. The van der Waals surface area contributed by atoms with Crippen LogP contribution >= 0.6 is 0 Å². The molecule has 14 heavy (non-hydrogen) atoms. The molecule has 0 saturated carbocycles. The van der Waals surface area contributed by atoms with E-state index in [1.807, 2.05) is 0 Å². The van der Waals surface area contributed by atoms with Crippen LogP contribution in [0.4, 0.5) is 0 Å². The Hall–Kier alpha value is 0.0169. The fourth-order valence-electron chi connectivity index (χ4n) is 0.973. The molecule has 0 aromatic carbocycles. The van der Waals surface area contributed by atoms with E-state index < -0.39 is 8.97 Å². The van der Waals surface area contributed by atoms with Gasteiger partial charge in [-0.25, -0.2) is 0 Å². The fourth-order valence-corrected chi connectivity index (χ4v) is 2.63. The van der Waals surface area contributed by atoms with Crippen molar-refractivity contribution >= 4 is 8.97 Å². The van der Waals surface area contributed by atoms with Gasteiger partial charge in [-0.05, 0) is 6.42 Å². The van der Waals surface area contributed by atoms with Crippen LogP contribution in [0.3, 0.4) is 0 Å². The van der Waals surface area contributed by atoms with E-state index in [9.17, 15) is 0 Å². The van der Waals surface area contributed by atoms with Crippen molar-refractivity contribution in [3.8, 4) is 0 Å². The molecule has 0 rings (SSSR count). The number of hydrogen-bond acceptors (Lipinski definition) is 5. The van der Waals surface area contributed by atoms with E-state index in [-0.39, 0.29) is 0 Å². The molecule has 6 heteroatoms. The minimum Gasteiger partial charge on any atom is -0.364 e. The maximum Gasteiger partial charge on any atom is 0.596 e. The number of hydrogen-bond donors (Lipinski definition) is 2. The molecule has 0 aliphatic heterocycles. The first-order chi connectivity index (χ1) is 6.74. The van der Waals surface area contributed by atoms with Crippen molar-refractivity contribution in [1.29, 1.82) is 0 Å². The smallest absolute Gasteiger partial charge is 0.364 e. The molecular weight excluding hydrogens is 200 g/mol. The average Bonchev–Trinajstić information content (AvgIpc) is 2.24. The Morgan fingerprint density at radius 1 is 1.29 bits per heavy atom. The predicted molar refractivity (Wildman–Crippen MR) is 57.7 cm³/mol. The normalized spacial score (nSPS) is 12.0. The lowest BCUT2D eigenvalue weighted by atomic mass is 10.4. The zero-order valence-electron chi connectivity index (χ0n) is 9.34. The Labute approximate surface area is 87.4 Å². The molecular formula is C8H22N2O3Si. The van der Waals surface area contributed by atoms with Crippen LogP contribution in [0.5, 0.6) is 0 Å². The lowest BCUT2D eigenvalue weighted by Crippen LogP contribution is -2.59. The molecule has 5 nitrogen and oxygen atoms in total. The Morgan fingerprint density at radius 3 is 2.36 bits per heavy atom. The summed E-state index contributed by atoms with van der Waals surface area (Å²) in [5, 5.41) is 0. The van der Waals surface area contributed by atoms with Gasteiger partial charge in [0.2, 0.25) is 0 Å². The Balaban J connectivity index is 3.94. The van der Waals surface area contributed by atoms with Crippen molar-refractivity contribution in [2.45, 2.75) is 19.8 Å². The molecule has 0 heterocycles. The Bertz CT molecular complexity index is 134. The number of nitrogens with one attached hydrogen (secondary N) is 1. The van der Waals surface area contributed by atoms with Crippen molar-refractivity contribution < 1.29 is 13.3 Å². The first-order valence-electron chi connectivity index (χ1n) is 4.94. The maximum absolute atomic E-state index is 5.60. The van der Waals surface area contributed by atoms with E-state index in [1.54, 1.807) is 14.2 Å². The molecule has 0 aromatic rings. The van der Waals surface area contributed by atoms with Crippen molar-refractivity contribution in [2.24, 2.45) is 5.73 Å². The summed E-state index contributed by atoms with van der Waals surface area (Å²) in [4.78, 5) is 3.09. The highest BCUT2D eigenvalue weighted by atomic mass is 28.4. The van der Waals surface area contributed by atoms with Crippen LogP contribution in [0.1, 0.15) is 19.8 Å².